The van der Waals surface area contributed by atoms with Crippen molar-refractivity contribution in [2.24, 2.45) is 0 Å². The number of hydrogen-bond acceptors (Lipinski definition) is 4. The molecule has 25 heavy (non-hydrogen) atoms. The molecule has 2 heterocycles. The topological polar surface area (TPSA) is 48.4 Å². The standard InChI is InChI=1S/C21H19NO3/c1-24-21(23)20-18(14-8-3-2-4-9-14)15-10-5-6-11-16(15)19(22-20)17-12-7-13-25-17/h2-6,8-11,17H,7,12-13H2,1H3. The number of rotatable bonds is 3. The molecule has 1 unspecified atom stereocenters. The second-order valence-corrected chi connectivity index (χ2v) is 6.13. The van der Waals surface area contributed by atoms with Crippen LogP contribution in [0.4, 0.5) is 0 Å². The molecule has 1 atom stereocenters. The summed E-state index contributed by atoms with van der Waals surface area (Å²) in [5.41, 5.74) is 2.93. The third kappa shape index (κ3) is 2.79. The van der Waals surface area contributed by atoms with Crippen LogP contribution in [0.2, 0.25) is 0 Å². The summed E-state index contributed by atoms with van der Waals surface area (Å²) in [5.74, 6) is -0.427. The summed E-state index contributed by atoms with van der Waals surface area (Å²) in [6, 6.07) is 17.9. The van der Waals surface area contributed by atoms with Crippen molar-refractivity contribution in [2.75, 3.05) is 13.7 Å². The van der Waals surface area contributed by atoms with Gasteiger partial charge in [-0.3, -0.25) is 0 Å². The predicted molar refractivity (Wildman–Crippen MR) is 96.4 cm³/mol. The van der Waals surface area contributed by atoms with Crippen LogP contribution in [-0.2, 0) is 9.47 Å². The van der Waals surface area contributed by atoms with Gasteiger partial charge in [-0.15, -0.1) is 0 Å². The fraction of sp³-hybridized carbons (Fsp3) is 0.238. The lowest BCUT2D eigenvalue weighted by Gasteiger charge is -2.18. The van der Waals surface area contributed by atoms with Crippen molar-refractivity contribution < 1.29 is 14.3 Å². The molecule has 3 aromatic rings. The summed E-state index contributed by atoms with van der Waals surface area (Å²) >= 11 is 0. The summed E-state index contributed by atoms with van der Waals surface area (Å²) in [6.07, 6.45) is 1.86. The van der Waals surface area contributed by atoms with E-state index >= 15 is 0 Å². The van der Waals surface area contributed by atoms with E-state index in [1.165, 1.54) is 7.11 Å². The highest BCUT2D eigenvalue weighted by molar-refractivity contribution is 6.07. The number of carbonyl (C=O) groups excluding carboxylic acids is 1. The Labute approximate surface area is 146 Å². The van der Waals surface area contributed by atoms with Crippen LogP contribution in [0.25, 0.3) is 21.9 Å². The highest BCUT2D eigenvalue weighted by Gasteiger charge is 2.26. The van der Waals surface area contributed by atoms with Crippen molar-refractivity contribution in [3.63, 3.8) is 0 Å². The van der Waals surface area contributed by atoms with E-state index < -0.39 is 5.97 Å². The van der Waals surface area contributed by atoms with E-state index in [2.05, 4.69) is 0 Å². The minimum atomic E-state index is -0.427. The Morgan fingerprint density at radius 3 is 2.48 bits per heavy atom. The van der Waals surface area contributed by atoms with Gasteiger partial charge >= 0.3 is 5.97 Å². The molecule has 2 aromatic carbocycles. The first-order chi connectivity index (χ1) is 12.3. The van der Waals surface area contributed by atoms with E-state index in [1.54, 1.807) is 0 Å². The first-order valence-electron chi connectivity index (χ1n) is 8.47. The first-order valence-corrected chi connectivity index (χ1v) is 8.47. The molecule has 0 bridgehead atoms. The molecule has 0 radical (unpaired) electrons. The van der Waals surface area contributed by atoms with Gasteiger partial charge in [0.25, 0.3) is 0 Å². The lowest BCUT2D eigenvalue weighted by atomic mass is 9.94. The second kappa shape index (κ2) is 6.65. The molecule has 0 N–H and O–H groups in total. The second-order valence-electron chi connectivity index (χ2n) is 6.13. The molecule has 1 aromatic heterocycles. The minimum Gasteiger partial charge on any atom is -0.464 e. The summed E-state index contributed by atoms with van der Waals surface area (Å²) in [7, 11) is 1.39. The summed E-state index contributed by atoms with van der Waals surface area (Å²) < 4.78 is 10.9. The molecule has 1 saturated heterocycles. The van der Waals surface area contributed by atoms with Crippen LogP contribution >= 0.6 is 0 Å². The van der Waals surface area contributed by atoms with Crippen LogP contribution in [-0.4, -0.2) is 24.7 Å². The smallest absolute Gasteiger partial charge is 0.357 e. The molecule has 4 nitrogen and oxygen atoms in total. The van der Waals surface area contributed by atoms with Crippen molar-refractivity contribution in [3.05, 3.63) is 66.0 Å². The maximum Gasteiger partial charge on any atom is 0.357 e. The number of ether oxygens (including phenoxy) is 2. The fourth-order valence-electron chi connectivity index (χ4n) is 3.47. The normalized spacial score (nSPS) is 16.9. The molecule has 0 saturated carbocycles. The van der Waals surface area contributed by atoms with Crippen molar-refractivity contribution >= 4 is 16.7 Å². The Bertz CT molecular complexity index is 915. The van der Waals surface area contributed by atoms with Gasteiger partial charge in [0.2, 0.25) is 0 Å². The van der Waals surface area contributed by atoms with Crippen molar-refractivity contribution in [2.45, 2.75) is 18.9 Å². The van der Waals surface area contributed by atoms with Gasteiger partial charge in [-0.25, -0.2) is 9.78 Å². The molecular formula is C21H19NO3. The van der Waals surface area contributed by atoms with Gasteiger partial charge in [-0.2, -0.15) is 0 Å². The molecule has 126 valence electrons. The van der Waals surface area contributed by atoms with Crippen molar-refractivity contribution in [3.8, 4) is 11.1 Å². The van der Waals surface area contributed by atoms with Gasteiger partial charge in [-0.1, -0.05) is 54.6 Å². The number of fused-ring (bicyclic) bond motifs is 1. The molecule has 4 rings (SSSR count). The summed E-state index contributed by atoms with van der Waals surface area (Å²) in [6.45, 7) is 0.731. The molecule has 1 fully saturated rings. The highest BCUT2D eigenvalue weighted by atomic mass is 16.5. The van der Waals surface area contributed by atoms with Gasteiger partial charge in [0.05, 0.1) is 12.8 Å². The van der Waals surface area contributed by atoms with Crippen LogP contribution in [0.5, 0.6) is 0 Å². The van der Waals surface area contributed by atoms with E-state index in [4.69, 9.17) is 14.5 Å². The minimum absolute atomic E-state index is 0.0712. The first kappa shape index (κ1) is 15.8. The van der Waals surface area contributed by atoms with Gasteiger partial charge in [0.1, 0.15) is 6.10 Å². The third-order valence-corrected chi connectivity index (χ3v) is 4.62. The van der Waals surface area contributed by atoms with Crippen molar-refractivity contribution in [1.82, 2.24) is 4.98 Å². The number of hydrogen-bond donors (Lipinski definition) is 0. The highest BCUT2D eigenvalue weighted by Crippen LogP contribution is 2.38. The number of nitrogens with zero attached hydrogens (tertiary/aromatic N) is 1. The maximum atomic E-state index is 12.5. The third-order valence-electron chi connectivity index (χ3n) is 4.62. The lowest BCUT2D eigenvalue weighted by molar-refractivity contribution is 0.0593. The SMILES string of the molecule is COC(=O)c1nc(C2CCCO2)c2ccccc2c1-c1ccccc1. The zero-order valence-corrected chi connectivity index (χ0v) is 14.1. The number of esters is 1. The Kier molecular flexibility index (Phi) is 4.20. The number of methoxy groups -OCH3 is 1. The Morgan fingerprint density at radius 1 is 1.08 bits per heavy atom. The summed E-state index contributed by atoms with van der Waals surface area (Å²) in [5, 5.41) is 2.02. The molecule has 0 aliphatic carbocycles. The molecule has 0 amide bonds. The van der Waals surface area contributed by atoms with Gasteiger partial charge < -0.3 is 9.47 Å². The van der Waals surface area contributed by atoms with Crippen LogP contribution < -0.4 is 0 Å². The van der Waals surface area contributed by atoms with Crippen LogP contribution in [0.15, 0.2) is 54.6 Å². The fourth-order valence-corrected chi connectivity index (χ4v) is 3.47. The molecule has 1 aliphatic rings. The van der Waals surface area contributed by atoms with Gasteiger partial charge in [-0.05, 0) is 23.8 Å². The predicted octanol–water partition coefficient (Wildman–Crippen LogP) is 4.54. The lowest BCUT2D eigenvalue weighted by Crippen LogP contribution is -2.12. The van der Waals surface area contributed by atoms with Crippen LogP contribution in [0.1, 0.15) is 35.1 Å². The zero-order valence-electron chi connectivity index (χ0n) is 14.1. The number of benzene rings is 2. The molecule has 1 aliphatic heterocycles. The molecule has 0 spiro atoms. The van der Waals surface area contributed by atoms with E-state index in [-0.39, 0.29) is 6.10 Å². The van der Waals surface area contributed by atoms with Crippen LogP contribution in [0, 0.1) is 0 Å². The largest absolute Gasteiger partial charge is 0.464 e. The van der Waals surface area contributed by atoms with Crippen LogP contribution in [0.3, 0.4) is 0 Å². The Morgan fingerprint density at radius 2 is 1.80 bits per heavy atom. The average molecular weight is 333 g/mol. The molecule has 4 heteroatoms. The van der Waals surface area contributed by atoms with E-state index in [1.807, 2.05) is 54.6 Å². The van der Waals surface area contributed by atoms with E-state index in [9.17, 15) is 4.79 Å². The quantitative estimate of drug-likeness (QED) is 0.660. The van der Waals surface area contributed by atoms with Crippen molar-refractivity contribution in [1.29, 1.82) is 0 Å². The number of aromatic nitrogens is 1. The Hall–Kier alpha value is -2.72. The number of carbonyl (C=O) groups is 1. The molecular weight excluding hydrogens is 314 g/mol. The van der Waals surface area contributed by atoms with E-state index in [0.717, 1.165) is 47.0 Å². The number of pyridine rings is 1. The Balaban J connectivity index is 2.05. The van der Waals surface area contributed by atoms with Gasteiger partial charge in [0.15, 0.2) is 5.69 Å². The summed E-state index contributed by atoms with van der Waals surface area (Å²) in [4.78, 5) is 17.2. The van der Waals surface area contributed by atoms with Gasteiger partial charge in [0, 0.05) is 17.6 Å². The zero-order chi connectivity index (χ0) is 17.2. The maximum absolute atomic E-state index is 12.5. The van der Waals surface area contributed by atoms with E-state index in [0.29, 0.717) is 5.69 Å². The monoisotopic (exact) mass is 333 g/mol. The average Bonchev–Trinajstić information content (AvgIpc) is 3.21.